The minimum atomic E-state index is -1.51. The van der Waals surface area contributed by atoms with Crippen molar-refractivity contribution in [1.82, 2.24) is 0 Å². The van der Waals surface area contributed by atoms with Gasteiger partial charge in [-0.05, 0) is 44.9 Å². The summed E-state index contributed by atoms with van der Waals surface area (Å²) in [7, 11) is 5.99. The van der Waals surface area contributed by atoms with Gasteiger partial charge >= 0.3 is 17.9 Å². The van der Waals surface area contributed by atoms with Crippen molar-refractivity contribution in [3.8, 4) is 0 Å². The number of quaternary nitrogens is 1. The number of carbonyl (C=O) groups excluding carboxylic acids is 2. The molecule has 87 heavy (non-hydrogen) atoms. The van der Waals surface area contributed by atoms with Crippen molar-refractivity contribution in [2.75, 3.05) is 47.5 Å². The molecule has 0 bridgehead atoms. The first-order valence-corrected chi connectivity index (χ1v) is 38.5. The molecule has 0 saturated carbocycles. The van der Waals surface area contributed by atoms with E-state index in [4.69, 9.17) is 18.9 Å². The van der Waals surface area contributed by atoms with Crippen molar-refractivity contribution in [3.05, 3.63) is 24.3 Å². The lowest BCUT2D eigenvalue weighted by atomic mass is 10.0. The molecule has 0 spiro atoms. The van der Waals surface area contributed by atoms with Crippen LogP contribution in [0.2, 0.25) is 0 Å². The van der Waals surface area contributed by atoms with Crippen molar-refractivity contribution in [2.45, 2.75) is 411 Å². The summed E-state index contributed by atoms with van der Waals surface area (Å²) in [5.74, 6) is -1.98. The fraction of sp³-hybridized carbons (Fsp3) is 0.910. The summed E-state index contributed by atoms with van der Waals surface area (Å²) < 4.78 is 23.0. The fourth-order valence-corrected chi connectivity index (χ4v) is 11.8. The number of esters is 2. The van der Waals surface area contributed by atoms with E-state index in [0.717, 1.165) is 51.4 Å². The maximum absolute atomic E-state index is 12.9. The van der Waals surface area contributed by atoms with Crippen LogP contribution in [0.25, 0.3) is 0 Å². The molecule has 1 N–H and O–H groups in total. The average molecular weight is 1230 g/mol. The van der Waals surface area contributed by atoms with E-state index in [1.165, 1.54) is 321 Å². The van der Waals surface area contributed by atoms with E-state index in [1.54, 1.807) is 0 Å². The maximum Gasteiger partial charge on any atom is 0.361 e. The molecule has 2 unspecified atom stereocenters. The van der Waals surface area contributed by atoms with Crippen LogP contribution in [0.3, 0.4) is 0 Å². The second-order valence-corrected chi connectivity index (χ2v) is 27.7. The number of ether oxygens (including phenoxy) is 4. The lowest BCUT2D eigenvalue weighted by Crippen LogP contribution is -2.40. The summed E-state index contributed by atoms with van der Waals surface area (Å²) in [6, 6.07) is 0. The van der Waals surface area contributed by atoms with Gasteiger partial charge in [-0.25, -0.2) is 4.79 Å². The zero-order valence-corrected chi connectivity index (χ0v) is 59.0. The van der Waals surface area contributed by atoms with Gasteiger partial charge in [0.2, 0.25) is 0 Å². The number of nitrogens with zero attached hydrogens (tertiary/aromatic N) is 1. The molecule has 514 valence electrons. The molecule has 2 atom stereocenters. The molecule has 9 nitrogen and oxygen atoms in total. The molecule has 0 aromatic heterocycles. The Morgan fingerprint density at radius 3 is 0.908 bits per heavy atom. The van der Waals surface area contributed by atoms with Gasteiger partial charge < -0.3 is 28.5 Å². The first kappa shape index (κ1) is 84.8. The van der Waals surface area contributed by atoms with E-state index in [1.807, 2.05) is 21.1 Å². The Morgan fingerprint density at radius 1 is 0.345 bits per heavy atom. The smallest absolute Gasteiger partial charge is 0.361 e. The maximum atomic E-state index is 12.9. The molecule has 0 aliphatic rings. The van der Waals surface area contributed by atoms with Crippen LogP contribution in [0, 0.1) is 0 Å². The van der Waals surface area contributed by atoms with Crippen molar-refractivity contribution >= 4 is 17.9 Å². The number of unbranched alkanes of at least 4 members (excludes halogenated alkanes) is 54. The summed E-state index contributed by atoms with van der Waals surface area (Å²) in [5, 5.41) is 9.75. The Bertz CT molecular complexity index is 1480. The lowest BCUT2D eigenvalue weighted by Gasteiger charge is -2.25. The average Bonchev–Trinajstić information content (AvgIpc) is 3.57. The number of likely N-dealkylation sites (N-methyl/N-ethyl adjacent to an activating group) is 1. The van der Waals surface area contributed by atoms with Gasteiger partial charge in [0.1, 0.15) is 13.2 Å². The SMILES string of the molecule is CCCCCCC/C=C\C/C=C\CCCCCCCCCCCC(=O)OC(COC(=O)CCCCCCCCCCCCCCCCCCCCCCCCCCCCCCCCCCCCCCCCCCC)COC(OCC[N+](C)(C)C)C(=O)O. The molecule has 0 amide bonds. The second-order valence-electron chi connectivity index (χ2n) is 27.7. The summed E-state index contributed by atoms with van der Waals surface area (Å²) in [4.78, 5) is 37.6. The van der Waals surface area contributed by atoms with Crippen molar-refractivity contribution in [2.24, 2.45) is 0 Å². The number of hydrogen-bond acceptors (Lipinski definition) is 7. The van der Waals surface area contributed by atoms with E-state index in [-0.39, 0.29) is 32.2 Å². The molecule has 0 aliphatic heterocycles. The molecule has 0 radical (unpaired) electrons. The Kier molecular flexibility index (Phi) is 67.9. The van der Waals surface area contributed by atoms with Gasteiger partial charge in [-0.1, -0.05) is 366 Å². The van der Waals surface area contributed by atoms with Crippen LogP contribution in [0.1, 0.15) is 399 Å². The van der Waals surface area contributed by atoms with E-state index in [2.05, 4.69) is 38.2 Å². The zero-order valence-electron chi connectivity index (χ0n) is 59.0. The number of carboxylic acids is 1. The van der Waals surface area contributed by atoms with Crippen LogP contribution in [0.15, 0.2) is 24.3 Å². The van der Waals surface area contributed by atoms with Crippen molar-refractivity contribution < 1.29 is 42.9 Å². The highest BCUT2D eigenvalue weighted by Gasteiger charge is 2.25. The molecular formula is C78H150NO8+. The summed E-state index contributed by atoms with van der Waals surface area (Å²) in [6.07, 6.45) is 84.9. The first-order chi connectivity index (χ1) is 42.6. The third-order valence-corrected chi connectivity index (χ3v) is 17.7. The zero-order chi connectivity index (χ0) is 63.3. The standard InChI is InChI=1S/C78H149NO8/c1-6-8-10-12-14-16-18-20-22-24-26-28-29-30-31-32-33-34-35-36-37-38-39-40-41-42-43-44-45-46-47-49-50-52-54-56-58-60-62-64-66-68-75(80)85-72-74(73-86-78(77(82)83)84-71-70-79(3,4)5)87-76(81)69-67-65-63-61-59-57-55-53-51-48-27-25-23-21-19-17-15-13-11-9-7-2/h19,21,25,27,74,78H,6-18,20,22-24,26,28-73H2,1-5H3/p+1/b21-19-,27-25-. The molecule has 0 saturated heterocycles. The van der Waals surface area contributed by atoms with Crippen LogP contribution in [-0.2, 0) is 33.3 Å². The molecule has 0 fully saturated rings. The summed E-state index contributed by atoms with van der Waals surface area (Å²) in [5.41, 5.74) is 0. The van der Waals surface area contributed by atoms with E-state index < -0.39 is 24.3 Å². The number of allylic oxidation sites excluding steroid dienone is 4. The topological polar surface area (TPSA) is 108 Å². The highest BCUT2D eigenvalue weighted by atomic mass is 16.7. The molecule has 0 aliphatic carbocycles. The second kappa shape index (κ2) is 69.7. The van der Waals surface area contributed by atoms with Crippen LogP contribution in [-0.4, -0.2) is 87.4 Å². The van der Waals surface area contributed by atoms with Gasteiger partial charge in [0.05, 0.1) is 34.4 Å². The third kappa shape index (κ3) is 71.1. The molecule has 0 heterocycles. The quantitative estimate of drug-likeness (QED) is 0.0211. The predicted molar refractivity (Wildman–Crippen MR) is 374 cm³/mol. The van der Waals surface area contributed by atoms with Gasteiger partial charge in [-0.15, -0.1) is 0 Å². The van der Waals surface area contributed by atoms with Crippen LogP contribution >= 0.6 is 0 Å². The van der Waals surface area contributed by atoms with Crippen LogP contribution < -0.4 is 0 Å². The van der Waals surface area contributed by atoms with Crippen molar-refractivity contribution in [3.63, 3.8) is 0 Å². The fourth-order valence-electron chi connectivity index (χ4n) is 11.8. The minimum Gasteiger partial charge on any atom is -0.477 e. The molecule has 0 aromatic carbocycles. The number of aliphatic carboxylic acids is 1. The Labute approximate surface area is 541 Å². The summed E-state index contributed by atoms with van der Waals surface area (Å²) in [6.45, 7) is 4.93. The van der Waals surface area contributed by atoms with Gasteiger partial charge in [0.15, 0.2) is 6.10 Å². The monoisotopic (exact) mass is 1230 g/mol. The number of carboxylic acid groups (broad SMARTS) is 1. The lowest BCUT2D eigenvalue weighted by molar-refractivity contribution is -0.870. The highest BCUT2D eigenvalue weighted by molar-refractivity contribution is 5.71. The van der Waals surface area contributed by atoms with Gasteiger partial charge in [0.25, 0.3) is 6.29 Å². The minimum absolute atomic E-state index is 0.178. The number of rotatable bonds is 73. The van der Waals surface area contributed by atoms with E-state index in [9.17, 15) is 19.5 Å². The number of carbonyl (C=O) groups is 3. The molecule has 0 rings (SSSR count). The molecular weight excluding hydrogens is 1080 g/mol. The van der Waals surface area contributed by atoms with Gasteiger partial charge in [-0.3, -0.25) is 9.59 Å². The number of hydrogen-bond donors (Lipinski definition) is 1. The van der Waals surface area contributed by atoms with Gasteiger partial charge in [-0.2, -0.15) is 0 Å². The first-order valence-electron chi connectivity index (χ1n) is 38.5. The van der Waals surface area contributed by atoms with Crippen LogP contribution in [0.4, 0.5) is 0 Å². The van der Waals surface area contributed by atoms with Gasteiger partial charge in [0, 0.05) is 12.8 Å². The van der Waals surface area contributed by atoms with E-state index >= 15 is 0 Å². The molecule has 0 aromatic rings. The summed E-state index contributed by atoms with van der Waals surface area (Å²) >= 11 is 0. The van der Waals surface area contributed by atoms with Crippen molar-refractivity contribution in [1.29, 1.82) is 0 Å². The Balaban J connectivity index is 3.90. The Morgan fingerprint density at radius 2 is 0.621 bits per heavy atom. The highest BCUT2D eigenvalue weighted by Crippen LogP contribution is 2.20. The largest absolute Gasteiger partial charge is 0.477 e. The Hall–Kier alpha value is -2.23. The van der Waals surface area contributed by atoms with Crippen LogP contribution in [0.5, 0.6) is 0 Å². The normalized spacial score (nSPS) is 12.7. The van der Waals surface area contributed by atoms with E-state index in [0.29, 0.717) is 17.4 Å². The predicted octanol–water partition coefficient (Wildman–Crippen LogP) is 24.1. The third-order valence-electron chi connectivity index (χ3n) is 17.7. The molecule has 9 heteroatoms.